The summed E-state index contributed by atoms with van der Waals surface area (Å²) in [6.07, 6.45) is 1.47. The lowest BCUT2D eigenvalue weighted by Crippen LogP contribution is -2.58. The Labute approximate surface area is 200 Å². The first-order chi connectivity index (χ1) is 16.5. The number of amides is 4. The summed E-state index contributed by atoms with van der Waals surface area (Å²) < 4.78 is 0. The SMILES string of the molecule is CC(NC(=O)C(Cc1c[nH]c2ccccc12)NC(=O)C(CO)NC(=O)C(N)CCC(N)=O)C(=O)O. The second-order valence-corrected chi connectivity index (χ2v) is 8.05. The zero-order chi connectivity index (χ0) is 26.1. The summed E-state index contributed by atoms with van der Waals surface area (Å²) in [6, 6.07) is 2.24. The highest BCUT2D eigenvalue weighted by atomic mass is 16.4. The molecule has 13 heteroatoms. The molecular weight excluding hydrogens is 460 g/mol. The Morgan fingerprint density at radius 3 is 2.26 bits per heavy atom. The molecular formula is C22H30N6O7. The summed E-state index contributed by atoms with van der Waals surface area (Å²) in [5, 5.41) is 26.6. The van der Waals surface area contributed by atoms with Crippen molar-refractivity contribution in [2.75, 3.05) is 6.61 Å². The Morgan fingerprint density at radius 1 is 1.00 bits per heavy atom. The van der Waals surface area contributed by atoms with Crippen LogP contribution in [0, 0.1) is 0 Å². The second kappa shape index (κ2) is 12.5. The molecule has 0 radical (unpaired) electrons. The van der Waals surface area contributed by atoms with Crippen molar-refractivity contribution >= 4 is 40.5 Å². The predicted octanol–water partition coefficient (Wildman–Crippen LogP) is -2.15. The fourth-order valence-corrected chi connectivity index (χ4v) is 3.28. The average Bonchev–Trinajstić information content (AvgIpc) is 3.22. The number of para-hydroxylation sites is 1. The third-order valence-electron chi connectivity index (χ3n) is 5.32. The third-order valence-corrected chi connectivity index (χ3v) is 5.32. The summed E-state index contributed by atoms with van der Waals surface area (Å²) in [5.41, 5.74) is 12.2. The van der Waals surface area contributed by atoms with Crippen molar-refractivity contribution in [2.24, 2.45) is 11.5 Å². The Hall–Kier alpha value is -3.97. The molecule has 13 nitrogen and oxygen atoms in total. The van der Waals surface area contributed by atoms with Crippen LogP contribution in [0.2, 0.25) is 0 Å². The zero-order valence-corrected chi connectivity index (χ0v) is 19.1. The molecule has 0 saturated heterocycles. The summed E-state index contributed by atoms with van der Waals surface area (Å²) in [5.74, 6) is -4.35. The van der Waals surface area contributed by atoms with Crippen LogP contribution < -0.4 is 27.4 Å². The Morgan fingerprint density at radius 2 is 1.63 bits per heavy atom. The lowest BCUT2D eigenvalue weighted by molar-refractivity contribution is -0.141. The number of aliphatic hydroxyl groups excluding tert-OH is 1. The van der Waals surface area contributed by atoms with Gasteiger partial charge in [-0.05, 0) is 25.0 Å². The quantitative estimate of drug-likeness (QED) is 0.154. The first-order valence-electron chi connectivity index (χ1n) is 10.9. The molecule has 2 rings (SSSR count). The smallest absolute Gasteiger partial charge is 0.325 e. The first kappa shape index (κ1) is 27.3. The van der Waals surface area contributed by atoms with E-state index in [1.807, 2.05) is 18.2 Å². The van der Waals surface area contributed by atoms with Gasteiger partial charge in [-0.25, -0.2) is 0 Å². The van der Waals surface area contributed by atoms with E-state index in [0.29, 0.717) is 5.56 Å². The number of fused-ring (bicyclic) bond motifs is 1. The van der Waals surface area contributed by atoms with Crippen molar-refractivity contribution < 1.29 is 34.2 Å². The lowest BCUT2D eigenvalue weighted by Gasteiger charge is -2.23. The number of hydrogen-bond donors (Lipinski definition) is 8. The Bertz CT molecular complexity index is 1090. The van der Waals surface area contributed by atoms with Gasteiger partial charge < -0.3 is 42.6 Å². The number of nitrogens with one attached hydrogen (secondary N) is 4. The van der Waals surface area contributed by atoms with Crippen molar-refractivity contribution in [2.45, 2.75) is 50.4 Å². The maximum atomic E-state index is 12.8. The number of carbonyl (C=O) groups excluding carboxylic acids is 4. The van der Waals surface area contributed by atoms with Crippen LogP contribution in [0.1, 0.15) is 25.3 Å². The van der Waals surface area contributed by atoms with Gasteiger partial charge in [-0.2, -0.15) is 0 Å². The Balaban J connectivity index is 2.17. The summed E-state index contributed by atoms with van der Waals surface area (Å²) in [7, 11) is 0. The minimum atomic E-state index is -1.45. The van der Waals surface area contributed by atoms with Gasteiger partial charge in [0.25, 0.3) is 0 Å². The maximum absolute atomic E-state index is 12.8. The molecule has 4 atom stereocenters. The number of aliphatic hydroxyl groups is 1. The van der Waals surface area contributed by atoms with Crippen LogP contribution in [-0.4, -0.2) is 75.6 Å². The van der Waals surface area contributed by atoms with E-state index in [-0.39, 0.29) is 19.3 Å². The van der Waals surface area contributed by atoms with Crippen molar-refractivity contribution in [3.05, 3.63) is 36.0 Å². The summed E-state index contributed by atoms with van der Waals surface area (Å²) in [6.45, 7) is 0.474. The maximum Gasteiger partial charge on any atom is 0.325 e. The Kier molecular flexibility index (Phi) is 9.73. The number of nitrogens with two attached hydrogens (primary N) is 2. The molecule has 0 aliphatic carbocycles. The average molecular weight is 491 g/mol. The monoisotopic (exact) mass is 490 g/mol. The summed E-state index contributed by atoms with van der Waals surface area (Å²) in [4.78, 5) is 63.0. The minimum absolute atomic E-state index is 0.00184. The molecule has 1 heterocycles. The number of hydrogen-bond acceptors (Lipinski definition) is 7. The van der Waals surface area contributed by atoms with E-state index in [9.17, 15) is 29.1 Å². The zero-order valence-electron chi connectivity index (χ0n) is 19.1. The highest BCUT2D eigenvalue weighted by Crippen LogP contribution is 2.19. The van der Waals surface area contributed by atoms with Gasteiger partial charge in [0.1, 0.15) is 18.1 Å². The highest BCUT2D eigenvalue weighted by molar-refractivity contribution is 5.95. The van der Waals surface area contributed by atoms with Gasteiger partial charge in [0.2, 0.25) is 23.6 Å². The molecule has 4 amide bonds. The third kappa shape index (κ3) is 7.79. The van der Waals surface area contributed by atoms with E-state index in [2.05, 4.69) is 20.9 Å². The molecule has 0 aliphatic rings. The molecule has 1 aromatic carbocycles. The molecule has 35 heavy (non-hydrogen) atoms. The van der Waals surface area contributed by atoms with Crippen molar-refractivity contribution in [3.8, 4) is 0 Å². The first-order valence-corrected chi connectivity index (χ1v) is 10.9. The van der Waals surface area contributed by atoms with Gasteiger partial charge in [0.05, 0.1) is 12.6 Å². The number of carbonyl (C=O) groups is 5. The van der Waals surface area contributed by atoms with Gasteiger partial charge in [0, 0.05) is 29.9 Å². The number of rotatable bonds is 13. The van der Waals surface area contributed by atoms with Crippen LogP contribution in [0.5, 0.6) is 0 Å². The van der Waals surface area contributed by atoms with E-state index in [1.165, 1.54) is 6.92 Å². The van der Waals surface area contributed by atoms with Crippen LogP contribution in [0.4, 0.5) is 0 Å². The molecule has 0 fully saturated rings. The molecule has 4 unspecified atom stereocenters. The van der Waals surface area contributed by atoms with E-state index >= 15 is 0 Å². The lowest BCUT2D eigenvalue weighted by atomic mass is 10.0. The van der Waals surface area contributed by atoms with Gasteiger partial charge >= 0.3 is 5.97 Å². The molecule has 0 saturated carbocycles. The van der Waals surface area contributed by atoms with Crippen molar-refractivity contribution in [1.82, 2.24) is 20.9 Å². The fourth-order valence-electron chi connectivity index (χ4n) is 3.28. The predicted molar refractivity (Wildman–Crippen MR) is 125 cm³/mol. The van der Waals surface area contributed by atoms with E-state index in [4.69, 9.17) is 16.6 Å². The number of benzene rings is 1. The van der Waals surface area contributed by atoms with Crippen LogP contribution in [-0.2, 0) is 30.4 Å². The van der Waals surface area contributed by atoms with Crippen LogP contribution in [0.3, 0.4) is 0 Å². The van der Waals surface area contributed by atoms with Gasteiger partial charge in [-0.1, -0.05) is 18.2 Å². The molecule has 1 aromatic heterocycles. The minimum Gasteiger partial charge on any atom is -0.480 e. The number of H-pyrrole nitrogens is 1. The van der Waals surface area contributed by atoms with Crippen molar-refractivity contribution in [3.63, 3.8) is 0 Å². The standard InChI is InChI=1S/C22H30N6O7/c1-11(22(34)35)26-20(32)16(8-12-9-25-15-5-3-2-4-13(12)15)27-21(33)17(10-29)28-19(31)14(23)6-7-18(24)30/h2-5,9,11,14,16-17,25,29H,6-8,10,23H2,1H3,(H2,24,30)(H,26,32)(H,27,33)(H,28,31)(H,34,35). The largest absolute Gasteiger partial charge is 0.480 e. The highest BCUT2D eigenvalue weighted by Gasteiger charge is 2.29. The topological polar surface area (TPSA) is 230 Å². The van der Waals surface area contributed by atoms with Crippen LogP contribution in [0.15, 0.2) is 30.5 Å². The van der Waals surface area contributed by atoms with E-state index in [0.717, 1.165) is 10.9 Å². The molecule has 0 bridgehead atoms. The molecule has 190 valence electrons. The molecule has 2 aromatic rings. The fraction of sp³-hybridized carbons (Fsp3) is 0.409. The number of carboxylic acids is 1. The number of aliphatic carboxylic acids is 1. The summed E-state index contributed by atoms with van der Waals surface area (Å²) >= 11 is 0. The number of aromatic nitrogens is 1. The van der Waals surface area contributed by atoms with Crippen molar-refractivity contribution in [1.29, 1.82) is 0 Å². The number of aromatic amines is 1. The van der Waals surface area contributed by atoms with Gasteiger partial charge in [-0.3, -0.25) is 24.0 Å². The normalized spacial score (nSPS) is 14.4. The number of primary amides is 1. The molecule has 0 spiro atoms. The van der Waals surface area contributed by atoms with Gasteiger partial charge in [0.15, 0.2) is 0 Å². The van der Waals surface area contributed by atoms with E-state index in [1.54, 1.807) is 12.3 Å². The molecule has 0 aliphatic heterocycles. The van der Waals surface area contributed by atoms with Crippen LogP contribution in [0.25, 0.3) is 10.9 Å². The van der Waals surface area contributed by atoms with Crippen LogP contribution >= 0.6 is 0 Å². The van der Waals surface area contributed by atoms with Gasteiger partial charge in [-0.15, -0.1) is 0 Å². The molecule has 10 N–H and O–H groups in total. The number of carboxylic acid groups (broad SMARTS) is 1. The van der Waals surface area contributed by atoms with E-state index < -0.39 is 60.4 Å². The second-order valence-electron chi connectivity index (χ2n) is 8.05.